The second-order valence-electron chi connectivity index (χ2n) is 5.73. The molecular formula is C15H23FN2. The largest absolute Gasteiger partial charge is 0.371 e. The fourth-order valence-corrected chi connectivity index (χ4v) is 2.73. The molecule has 0 amide bonds. The van der Waals surface area contributed by atoms with Crippen LogP contribution in [0, 0.1) is 17.7 Å². The van der Waals surface area contributed by atoms with Crippen LogP contribution in [0.2, 0.25) is 0 Å². The van der Waals surface area contributed by atoms with E-state index in [1.165, 1.54) is 12.5 Å². The van der Waals surface area contributed by atoms with Gasteiger partial charge in [-0.3, -0.25) is 0 Å². The Morgan fingerprint density at radius 1 is 1.33 bits per heavy atom. The minimum Gasteiger partial charge on any atom is -0.371 e. The zero-order chi connectivity index (χ0) is 13.3. The van der Waals surface area contributed by atoms with Crippen LogP contribution in [0.1, 0.15) is 38.8 Å². The van der Waals surface area contributed by atoms with Crippen LogP contribution in [0.3, 0.4) is 0 Å². The van der Waals surface area contributed by atoms with Gasteiger partial charge in [0.2, 0.25) is 0 Å². The third-order valence-corrected chi connectivity index (χ3v) is 3.99. The molecule has 1 saturated heterocycles. The van der Waals surface area contributed by atoms with Crippen LogP contribution in [0.15, 0.2) is 18.2 Å². The molecule has 0 spiro atoms. The summed E-state index contributed by atoms with van der Waals surface area (Å²) >= 11 is 0. The highest BCUT2D eigenvalue weighted by Crippen LogP contribution is 2.32. The summed E-state index contributed by atoms with van der Waals surface area (Å²) in [5.74, 6) is 1.23. The maximum absolute atomic E-state index is 13.3. The second kappa shape index (κ2) is 5.27. The summed E-state index contributed by atoms with van der Waals surface area (Å²) in [5.41, 5.74) is 7.97. The van der Waals surface area contributed by atoms with E-state index < -0.39 is 0 Å². The number of anilines is 1. The van der Waals surface area contributed by atoms with E-state index in [1.54, 1.807) is 6.07 Å². The minimum absolute atomic E-state index is 0.131. The molecule has 3 heteroatoms. The zero-order valence-corrected chi connectivity index (χ0v) is 11.5. The van der Waals surface area contributed by atoms with E-state index in [2.05, 4.69) is 18.7 Å². The third-order valence-electron chi connectivity index (χ3n) is 3.99. The second-order valence-corrected chi connectivity index (χ2v) is 5.73. The van der Waals surface area contributed by atoms with Crippen molar-refractivity contribution in [3.05, 3.63) is 29.6 Å². The Balaban J connectivity index is 2.24. The van der Waals surface area contributed by atoms with Crippen molar-refractivity contribution in [3.8, 4) is 0 Å². The maximum Gasteiger partial charge on any atom is 0.123 e. The normalized spacial score (nSPS) is 21.7. The molecule has 100 valence electrons. The monoisotopic (exact) mass is 250 g/mol. The molecule has 0 saturated carbocycles. The van der Waals surface area contributed by atoms with Gasteiger partial charge in [-0.15, -0.1) is 0 Å². The average molecular weight is 250 g/mol. The maximum atomic E-state index is 13.3. The first-order valence-corrected chi connectivity index (χ1v) is 6.79. The number of halogens is 1. The van der Waals surface area contributed by atoms with E-state index in [-0.39, 0.29) is 11.9 Å². The van der Waals surface area contributed by atoms with Gasteiger partial charge in [-0.2, -0.15) is 0 Å². The molecule has 2 nitrogen and oxygen atoms in total. The van der Waals surface area contributed by atoms with Gasteiger partial charge in [0.15, 0.2) is 0 Å². The molecule has 1 heterocycles. The lowest BCUT2D eigenvalue weighted by Gasteiger charge is -2.24. The molecule has 1 aromatic rings. The van der Waals surface area contributed by atoms with Gasteiger partial charge in [-0.05, 0) is 48.9 Å². The molecule has 1 unspecified atom stereocenters. The van der Waals surface area contributed by atoms with Gasteiger partial charge < -0.3 is 10.6 Å². The van der Waals surface area contributed by atoms with Crippen molar-refractivity contribution >= 4 is 5.69 Å². The first-order valence-electron chi connectivity index (χ1n) is 6.79. The molecule has 2 atom stereocenters. The summed E-state index contributed by atoms with van der Waals surface area (Å²) in [6.45, 7) is 8.56. The van der Waals surface area contributed by atoms with Crippen molar-refractivity contribution in [1.82, 2.24) is 0 Å². The van der Waals surface area contributed by atoms with Crippen molar-refractivity contribution in [3.63, 3.8) is 0 Å². The van der Waals surface area contributed by atoms with Gasteiger partial charge in [-0.1, -0.05) is 13.8 Å². The molecule has 18 heavy (non-hydrogen) atoms. The number of rotatable bonds is 3. The molecule has 0 aromatic heterocycles. The number of benzene rings is 1. The topological polar surface area (TPSA) is 29.3 Å². The van der Waals surface area contributed by atoms with Crippen LogP contribution in [-0.2, 0) is 0 Å². The molecule has 2 N–H and O–H groups in total. The molecule has 1 aliphatic rings. The first kappa shape index (κ1) is 13.3. The summed E-state index contributed by atoms with van der Waals surface area (Å²) in [4.78, 5) is 2.35. The summed E-state index contributed by atoms with van der Waals surface area (Å²) in [5, 5.41) is 0. The van der Waals surface area contributed by atoms with Crippen molar-refractivity contribution in [1.29, 1.82) is 0 Å². The summed E-state index contributed by atoms with van der Waals surface area (Å²) in [6, 6.07) is 4.84. The predicted octanol–water partition coefficient (Wildman–Crippen LogP) is 3.33. The Kier molecular flexibility index (Phi) is 3.91. The lowest BCUT2D eigenvalue weighted by molar-refractivity contribution is 0.422. The van der Waals surface area contributed by atoms with Crippen LogP contribution in [0.25, 0.3) is 0 Å². The molecule has 1 aromatic carbocycles. The fourth-order valence-electron chi connectivity index (χ4n) is 2.73. The van der Waals surface area contributed by atoms with Crippen molar-refractivity contribution in [2.24, 2.45) is 17.6 Å². The highest BCUT2D eigenvalue weighted by molar-refractivity contribution is 5.55. The average Bonchev–Trinajstić information content (AvgIpc) is 2.78. The smallest absolute Gasteiger partial charge is 0.123 e. The number of nitrogens with zero attached hydrogens (tertiary/aromatic N) is 1. The van der Waals surface area contributed by atoms with Crippen LogP contribution in [0.5, 0.6) is 0 Å². The van der Waals surface area contributed by atoms with Gasteiger partial charge in [-0.25, -0.2) is 4.39 Å². The minimum atomic E-state index is -0.203. The number of hydrogen-bond donors (Lipinski definition) is 1. The summed E-state index contributed by atoms with van der Waals surface area (Å²) in [7, 11) is 0. The van der Waals surface area contributed by atoms with E-state index in [4.69, 9.17) is 5.73 Å². The lowest BCUT2D eigenvalue weighted by Crippen LogP contribution is -2.24. The SMILES string of the molecule is CC(C)C1CCN(c2ccc(F)cc2[C@@H](C)N)C1. The van der Waals surface area contributed by atoms with E-state index in [1.807, 2.05) is 13.0 Å². The Morgan fingerprint density at radius 2 is 2.06 bits per heavy atom. The Bertz CT molecular complexity index is 415. The molecule has 0 bridgehead atoms. The van der Waals surface area contributed by atoms with Crippen molar-refractivity contribution < 1.29 is 4.39 Å². The standard InChI is InChI=1S/C15H23FN2/c1-10(2)12-6-7-18(9-12)15-5-4-13(16)8-14(15)11(3)17/h4-5,8,10-12H,6-7,9,17H2,1-3H3/t11-,12?/m1/s1. The number of nitrogens with two attached hydrogens (primary N) is 1. The third kappa shape index (κ3) is 2.66. The molecule has 2 rings (SSSR count). The molecule has 0 radical (unpaired) electrons. The Labute approximate surface area is 109 Å². The van der Waals surface area contributed by atoms with E-state index in [9.17, 15) is 4.39 Å². The Hall–Kier alpha value is -1.09. The van der Waals surface area contributed by atoms with E-state index in [0.29, 0.717) is 5.92 Å². The van der Waals surface area contributed by atoms with Gasteiger partial charge in [0.25, 0.3) is 0 Å². The predicted molar refractivity (Wildman–Crippen MR) is 74.2 cm³/mol. The number of hydrogen-bond acceptors (Lipinski definition) is 2. The van der Waals surface area contributed by atoms with Gasteiger partial charge in [0, 0.05) is 24.8 Å². The summed E-state index contributed by atoms with van der Waals surface area (Å²) < 4.78 is 13.3. The quantitative estimate of drug-likeness (QED) is 0.891. The zero-order valence-electron chi connectivity index (χ0n) is 11.5. The van der Waals surface area contributed by atoms with Gasteiger partial charge >= 0.3 is 0 Å². The molecule has 1 aliphatic heterocycles. The fraction of sp³-hybridized carbons (Fsp3) is 0.600. The molecule has 1 fully saturated rings. The van der Waals surface area contributed by atoms with Crippen LogP contribution in [-0.4, -0.2) is 13.1 Å². The highest BCUT2D eigenvalue weighted by Gasteiger charge is 2.26. The molecule has 0 aliphatic carbocycles. The van der Waals surface area contributed by atoms with E-state index in [0.717, 1.165) is 30.3 Å². The van der Waals surface area contributed by atoms with Crippen LogP contribution in [0.4, 0.5) is 10.1 Å². The van der Waals surface area contributed by atoms with E-state index >= 15 is 0 Å². The van der Waals surface area contributed by atoms with Crippen LogP contribution < -0.4 is 10.6 Å². The van der Waals surface area contributed by atoms with Crippen molar-refractivity contribution in [2.45, 2.75) is 33.2 Å². The van der Waals surface area contributed by atoms with Crippen LogP contribution >= 0.6 is 0 Å². The van der Waals surface area contributed by atoms with Crippen molar-refractivity contribution in [2.75, 3.05) is 18.0 Å². The van der Waals surface area contributed by atoms with Gasteiger partial charge in [0.1, 0.15) is 5.82 Å². The highest BCUT2D eigenvalue weighted by atomic mass is 19.1. The lowest BCUT2D eigenvalue weighted by atomic mass is 9.95. The molecular weight excluding hydrogens is 227 g/mol. The first-order chi connectivity index (χ1) is 8.49. The summed E-state index contributed by atoms with van der Waals surface area (Å²) in [6.07, 6.45) is 1.22. The van der Waals surface area contributed by atoms with Gasteiger partial charge in [0.05, 0.1) is 0 Å². The Morgan fingerprint density at radius 3 is 2.61 bits per heavy atom.